The number of fused-ring (bicyclic) bond motifs is 2. The zero-order chi connectivity index (χ0) is 13.5. The topological polar surface area (TPSA) is 26.0 Å². The summed E-state index contributed by atoms with van der Waals surface area (Å²) in [5.74, 6) is 0.656. The predicted molar refractivity (Wildman–Crippen MR) is 84.7 cm³/mol. The summed E-state index contributed by atoms with van der Waals surface area (Å²) in [4.78, 5) is 4.55. The van der Waals surface area contributed by atoms with Crippen molar-refractivity contribution in [3.63, 3.8) is 0 Å². The van der Waals surface area contributed by atoms with Gasteiger partial charge in [0, 0.05) is 10.0 Å². The van der Waals surface area contributed by atoms with Crippen LogP contribution in [-0.4, -0.2) is 4.98 Å². The first-order valence-electron chi connectivity index (χ1n) is 6.35. The fraction of sp³-hybridized carbons (Fsp3) is 0. The molecule has 0 spiro atoms. The van der Waals surface area contributed by atoms with E-state index in [1.165, 1.54) is 10.8 Å². The third kappa shape index (κ3) is 1.91. The van der Waals surface area contributed by atoms with Crippen molar-refractivity contribution in [2.45, 2.75) is 0 Å². The van der Waals surface area contributed by atoms with Gasteiger partial charge in [-0.25, -0.2) is 4.98 Å². The van der Waals surface area contributed by atoms with E-state index in [2.05, 4.69) is 45.2 Å². The quantitative estimate of drug-likeness (QED) is 0.468. The van der Waals surface area contributed by atoms with Gasteiger partial charge in [0.1, 0.15) is 5.52 Å². The average molecular weight is 324 g/mol. The molecule has 96 valence electrons. The van der Waals surface area contributed by atoms with Crippen molar-refractivity contribution in [1.29, 1.82) is 0 Å². The molecular weight excluding hydrogens is 314 g/mol. The lowest BCUT2D eigenvalue weighted by Crippen LogP contribution is -1.78. The van der Waals surface area contributed by atoms with Crippen LogP contribution in [0.4, 0.5) is 0 Å². The third-order valence-corrected chi connectivity index (χ3v) is 3.84. The van der Waals surface area contributed by atoms with Crippen molar-refractivity contribution in [1.82, 2.24) is 4.98 Å². The summed E-state index contributed by atoms with van der Waals surface area (Å²) in [5.41, 5.74) is 2.66. The van der Waals surface area contributed by atoms with Gasteiger partial charge in [-0.15, -0.1) is 0 Å². The van der Waals surface area contributed by atoms with E-state index >= 15 is 0 Å². The lowest BCUT2D eigenvalue weighted by atomic mass is 10.1. The van der Waals surface area contributed by atoms with E-state index in [1.807, 2.05) is 36.4 Å². The number of benzene rings is 3. The normalized spacial score (nSPS) is 11.2. The van der Waals surface area contributed by atoms with E-state index < -0.39 is 0 Å². The van der Waals surface area contributed by atoms with Crippen LogP contribution >= 0.6 is 15.9 Å². The molecule has 1 aromatic heterocycles. The maximum atomic E-state index is 5.83. The molecule has 3 aromatic carbocycles. The number of oxazole rings is 1. The largest absolute Gasteiger partial charge is 0.436 e. The summed E-state index contributed by atoms with van der Waals surface area (Å²) in [5, 5.41) is 2.41. The van der Waals surface area contributed by atoms with Crippen LogP contribution in [0.5, 0.6) is 0 Å². The summed E-state index contributed by atoms with van der Waals surface area (Å²) in [7, 11) is 0. The second-order valence-corrected chi connectivity index (χ2v) is 5.61. The van der Waals surface area contributed by atoms with Gasteiger partial charge >= 0.3 is 0 Å². The minimum Gasteiger partial charge on any atom is -0.436 e. The van der Waals surface area contributed by atoms with Crippen molar-refractivity contribution >= 4 is 37.8 Å². The van der Waals surface area contributed by atoms with Gasteiger partial charge in [-0.1, -0.05) is 46.3 Å². The molecular formula is C17H10BrNO. The molecule has 0 aliphatic carbocycles. The fourth-order valence-corrected chi connectivity index (χ4v) is 2.70. The van der Waals surface area contributed by atoms with Crippen LogP contribution < -0.4 is 0 Å². The number of halogens is 1. The standard InChI is InChI=1S/C17H10BrNO/c18-14-7-8-16-15(10-14)19-17(20-16)13-6-5-11-3-1-2-4-12(11)9-13/h1-10H. The highest BCUT2D eigenvalue weighted by atomic mass is 79.9. The highest BCUT2D eigenvalue weighted by molar-refractivity contribution is 9.10. The number of aromatic nitrogens is 1. The summed E-state index contributed by atoms with van der Waals surface area (Å²) < 4.78 is 6.83. The van der Waals surface area contributed by atoms with E-state index in [0.717, 1.165) is 21.1 Å². The second kappa shape index (κ2) is 4.46. The first-order valence-corrected chi connectivity index (χ1v) is 7.14. The highest BCUT2D eigenvalue weighted by Gasteiger charge is 2.08. The molecule has 3 heteroatoms. The van der Waals surface area contributed by atoms with Crippen LogP contribution in [-0.2, 0) is 0 Å². The molecule has 0 radical (unpaired) electrons. The molecule has 0 unspecified atom stereocenters. The molecule has 2 nitrogen and oxygen atoms in total. The SMILES string of the molecule is Brc1ccc2oc(-c3ccc4ccccc4c3)nc2c1. The Morgan fingerprint density at radius 3 is 2.60 bits per heavy atom. The molecule has 0 saturated heterocycles. The van der Waals surface area contributed by atoms with Gasteiger partial charge in [0.2, 0.25) is 5.89 Å². The molecule has 0 saturated carbocycles. The monoisotopic (exact) mass is 323 g/mol. The maximum Gasteiger partial charge on any atom is 0.227 e. The Hall–Kier alpha value is -2.13. The summed E-state index contributed by atoms with van der Waals surface area (Å²) >= 11 is 3.45. The van der Waals surface area contributed by atoms with Gasteiger partial charge < -0.3 is 4.42 Å². The first-order chi connectivity index (χ1) is 9.79. The van der Waals surface area contributed by atoms with Crippen molar-refractivity contribution in [3.05, 3.63) is 65.1 Å². The van der Waals surface area contributed by atoms with Crippen molar-refractivity contribution < 1.29 is 4.42 Å². The lowest BCUT2D eigenvalue weighted by Gasteiger charge is -1.99. The van der Waals surface area contributed by atoms with E-state index in [9.17, 15) is 0 Å². The molecule has 20 heavy (non-hydrogen) atoms. The molecule has 0 fully saturated rings. The first kappa shape index (κ1) is 11.7. The number of hydrogen-bond donors (Lipinski definition) is 0. The number of hydrogen-bond acceptors (Lipinski definition) is 2. The van der Waals surface area contributed by atoms with Crippen LogP contribution in [0.25, 0.3) is 33.3 Å². The van der Waals surface area contributed by atoms with E-state index in [-0.39, 0.29) is 0 Å². The maximum absolute atomic E-state index is 5.83. The van der Waals surface area contributed by atoms with Crippen LogP contribution in [0.3, 0.4) is 0 Å². The van der Waals surface area contributed by atoms with Crippen LogP contribution in [0, 0.1) is 0 Å². The summed E-state index contributed by atoms with van der Waals surface area (Å²) in [6.07, 6.45) is 0. The Morgan fingerprint density at radius 1 is 0.850 bits per heavy atom. The Morgan fingerprint density at radius 2 is 1.70 bits per heavy atom. The molecule has 4 aromatic rings. The van der Waals surface area contributed by atoms with Crippen LogP contribution in [0.15, 0.2) is 69.6 Å². The molecule has 0 amide bonds. The van der Waals surface area contributed by atoms with Gasteiger partial charge in [0.25, 0.3) is 0 Å². The smallest absolute Gasteiger partial charge is 0.227 e. The van der Waals surface area contributed by atoms with E-state index in [4.69, 9.17) is 4.42 Å². The minimum absolute atomic E-state index is 0.656. The molecule has 0 aliphatic heterocycles. The number of rotatable bonds is 1. The van der Waals surface area contributed by atoms with Crippen molar-refractivity contribution in [3.8, 4) is 11.5 Å². The Kier molecular flexibility index (Phi) is 2.60. The molecule has 4 rings (SSSR count). The summed E-state index contributed by atoms with van der Waals surface area (Å²) in [6, 6.07) is 20.4. The van der Waals surface area contributed by atoms with E-state index in [0.29, 0.717) is 5.89 Å². The molecule has 0 atom stereocenters. The minimum atomic E-state index is 0.656. The Labute approximate surface area is 124 Å². The zero-order valence-corrected chi connectivity index (χ0v) is 12.1. The average Bonchev–Trinajstić information content (AvgIpc) is 2.89. The van der Waals surface area contributed by atoms with E-state index in [1.54, 1.807) is 0 Å². The van der Waals surface area contributed by atoms with Gasteiger partial charge in [-0.2, -0.15) is 0 Å². The van der Waals surface area contributed by atoms with Crippen LogP contribution in [0.2, 0.25) is 0 Å². The molecule has 0 N–H and O–H groups in total. The second-order valence-electron chi connectivity index (χ2n) is 4.69. The molecule has 1 heterocycles. The Balaban J connectivity index is 1.91. The van der Waals surface area contributed by atoms with Gasteiger partial charge in [-0.3, -0.25) is 0 Å². The van der Waals surface area contributed by atoms with Gasteiger partial charge in [0.15, 0.2) is 5.58 Å². The fourth-order valence-electron chi connectivity index (χ4n) is 2.35. The number of nitrogens with zero attached hydrogens (tertiary/aromatic N) is 1. The lowest BCUT2D eigenvalue weighted by molar-refractivity contribution is 0.620. The van der Waals surface area contributed by atoms with Crippen molar-refractivity contribution in [2.24, 2.45) is 0 Å². The highest BCUT2D eigenvalue weighted by Crippen LogP contribution is 2.28. The zero-order valence-electron chi connectivity index (χ0n) is 10.5. The predicted octanol–water partition coefficient (Wildman–Crippen LogP) is 5.41. The molecule has 0 bridgehead atoms. The third-order valence-electron chi connectivity index (χ3n) is 3.35. The summed E-state index contributed by atoms with van der Waals surface area (Å²) in [6.45, 7) is 0. The van der Waals surface area contributed by atoms with Crippen molar-refractivity contribution in [2.75, 3.05) is 0 Å². The van der Waals surface area contributed by atoms with Gasteiger partial charge in [0.05, 0.1) is 0 Å². The molecule has 0 aliphatic rings. The van der Waals surface area contributed by atoms with Crippen LogP contribution in [0.1, 0.15) is 0 Å². The Bertz CT molecular complexity index is 926. The van der Waals surface area contributed by atoms with Gasteiger partial charge in [-0.05, 0) is 41.1 Å².